The molecule has 0 N–H and O–H groups in total. The fourth-order valence-electron chi connectivity index (χ4n) is 10.0. The zero-order valence-electron chi connectivity index (χ0n) is 46.2. The van der Waals surface area contributed by atoms with Gasteiger partial charge in [0.05, 0.1) is 13.2 Å². The molecule has 0 saturated heterocycles. The van der Waals surface area contributed by atoms with Gasteiger partial charge in [0.1, 0.15) is 11.5 Å². The molecular weight excluding hydrogens is 921 g/mol. The van der Waals surface area contributed by atoms with Crippen molar-refractivity contribution in [3.63, 3.8) is 0 Å². The van der Waals surface area contributed by atoms with Crippen LogP contribution in [-0.4, -0.2) is 13.2 Å². The van der Waals surface area contributed by atoms with Crippen molar-refractivity contribution in [2.75, 3.05) is 13.2 Å². The van der Waals surface area contributed by atoms with E-state index in [4.69, 9.17) is 9.47 Å². The predicted octanol–water partition coefficient (Wildman–Crippen LogP) is 21.8. The van der Waals surface area contributed by atoms with Gasteiger partial charge in [-0.15, -0.1) is 0 Å². The number of benzene rings is 7. The third-order valence-corrected chi connectivity index (χ3v) is 14.3. The zero-order valence-corrected chi connectivity index (χ0v) is 46.2. The molecule has 0 bridgehead atoms. The van der Waals surface area contributed by atoms with Gasteiger partial charge in [0.2, 0.25) is 0 Å². The highest BCUT2D eigenvalue weighted by molar-refractivity contribution is 6.04. The first-order chi connectivity index (χ1) is 37.6. The number of hydrogen-bond donors (Lipinski definition) is 0. The summed E-state index contributed by atoms with van der Waals surface area (Å²) in [4.78, 5) is 0. The topological polar surface area (TPSA) is 18.5 Å². The molecule has 2 nitrogen and oxygen atoms in total. The smallest absolute Gasteiger partial charge is 0.119 e. The van der Waals surface area contributed by atoms with E-state index in [0.717, 1.165) is 70.9 Å². The van der Waals surface area contributed by atoms with Gasteiger partial charge in [0.25, 0.3) is 0 Å². The van der Waals surface area contributed by atoms with Crippen LogP contribution in [0.5, 0.6) is 11.5 Å². The van der Waals surface area contributed by atoms with Crippen molar-refractivity contribution in [3.05, 3.63) is 238 Å². The number of ether oxygens (including phenoxy) is 2. The van der Waals surface area contributed by atoms with Crippen LogP contribution >= 0.6 is 0 Å². The van der Waals surface area contributed by atoms with Crippen LogP contribution in [0.4, 0.5) is 0 Å². The summed E-state index contributed by atoms with van der Waals surface area (Å²) in [6.45, 7) is 6.10. The summed E-state index contributed by atoms with van der Waals surface area (Å²) in [5.41, 5.74) is 14.0. The second-order valence-electron chi connectivity index (χ2n) is 20.6. The van der Waals surface area contributed by atoms with Crippen LogP contribution in [0.15, 0.2) is 182 Å². The Kier molecular flexibility index (Phi) is 25.3. The highest BCUT2D eigenvalue weighted by atomic mass is 16.5. The van der Waals surface area contributed by atoms with Crippen molar-refractivity contribution in [2.45, 2.75) is 142 Å². The Balaban J connectivity index is 1.06. The van der Waals surface area contributed by atoms with Gasteiger partial charge < -0.3 is 9.47 Å². The summed E-state index contributed by atoms with van der Waals surface area (Å²) in [6, 6.07) is 65.2. The monoisotopic (exact) mass is 1010 g/mol. The van der Waals surface area contributed by atoms with Gasteiger partial charge >= 0.3 is 0 Å². The quantitative estimate of drug-likeness (QED) is 0.0296. The van der Waals surface area contributed by atoms with E-state index in [1.807, 2.05) is 0 Å². The third-order valence-electron chi connectivity index (χ3n) is 14.3. The van der Waals surface area contributed by atoms with Gasteiger partial charge in [-0.1, -0.05) is 305 Å². The highest BCUT2D eigenvalue weighted by Crippen LogP contribution is 2.37. The second kappa shape index (κ2) is 33.9. The number of rotatable bonds is 34. The van der Waals surface area contributed by atoms with E-state index in [9.17, 15) is 0 Å². The van der Waals surface area contributed by atoms with Crippen molar-refractivity contribution in [1.82, 2.24) is 0 Å². The SMILES string of the molecule is CCCCCCCCCCCCOc1cccc(/C=C/c2cc(/C=C/c3ccc(C(=C(c4ccccc4)c4ccccc4)c4ccccc4)cc3)cc(/C=C/c3cccc(OCCCCCCCCCCCC)c3)c2)c1. The Labute approximate surface area is 459 Å². The molecule has 0 amide bonds. The first-order valence-corrected chi connectivity index (χ1v) is 29.3. The lowest BCUT2D eigenvalue weighted by molar-refractivity contribution is 0.304. The average molecular weight is 1010 g/mol. The van der Waals surface area contributed by atoms with Crippen molar-refractivity contribution < 1.29 is 9.47 Å². The summed E-state index contributed by atoms with van der Waals surface area (Å²) >= 11 is 0. The first-order valence-electron chi connectivity index (χ1n) is 29.3. The molecule has 7 aromatic rings. The van der Waals surface area contributed by atoms with Crippen LogP contribution < -0.4 is 9.47 Å². The van der Waals surface area contributed by atoms with Crippen LogP contribution in [0.3, 0.4) is 0 Å². The fraction of sp³-hybridized carbons (Fsp3) is 0.324. The molecule has 0 radical (unpaired) electrons. The van der Waals surface area contributed by atoms with Crippen LogP contribution in [-0.2, 0) is 0 Å². The largest absolute Gasteiger partial charge is 0.494 e. The Morgan fingerprint density at radius 2 is 0.566 bits per heavy atom. The highest BCUT2D eigenvalue weighted by Gasteiger charge is 2.16. The summed E-state index contributed by atoms with van der Waals surface area (Å²) < 4.78 is 12.5. The molecule has 7 aromatic carbocycles. The van der Waals surface area contributed by atoms with E-state index < -0.39 is 0 Å². The van der Waals surface area contributed by atoms with Gasteiger partial charge in [-0.05, 0) is 122 Å². The normalized spacial score (nSPS) is 11.5. The van der Waals surface area contributed by atoms with Gasteiger partial charge in [0, 0.05) is 0 Å². The van der Waals surface area contributed by atoms with Crippen molar-refractivity contribution >= 4 is 47.6 Å². The summed E-state index contributed by atoms with van der Waals surface area (Å²) in [7, 11) is 0. The minimum atomic E-state index is 0.762. The summed E-state index contributed by atoms with van der Waals surface area (Å²) in [6.07, 6.45) is 39.7. The summed E-state index contributed by atoms with van der Waals surface area (Å²) in [5, 5.41) is 0. The number of hydrogen-bond acceptors (Lipinski definition) is 2. The molecule has 394 valence electrons. The summed E-state index contributed by atoms with van der Waals surface area (Å²) in [5.74, 6) is 1.86. The van der Waals surface area contributed by atoms with E-state index in [2.05, 4.69) is 232 Å². The maximum absolute atomic E-state index is 6.25. The average Bonchev–Trinajstić information content (AvgIpc) is 3.47. The van der Waals surface area contributed by atoms with Gasteiger partial charge in [-0.2, -0.15) is 0 Å². The molecule has 0 atom stereocenters. The van der Waals surface area contributed by atoms with Crippen molar-refractivity contribution in [1.29, 1.82) is 0 Å². The molecule has 0 aromatic heterocycles. The lowest BCUT2D eigenvalue weighted by Gasteiger charge is -2.18. The second-order valence-corrected chi connectivity index (χ2v) is 20.6. The number of unbranched alkanes of at least 4 members (excludes halogenated alkanes) is 18. The molecule has 0 unspecified atom stereocenters. The molecule has 0 saturated carbocycles. The molecular formula is C74H86O2. The van der Waals surface area contributed by atoms with Crippen LogP contribution in [0.2, 0.25) is 0 Å². The minimum absolute atomic E-state index is 0.762. The van der Waals surface area contributed by atoms with E-state index in [0.29, 0.717) is 0 Å². The van der Waals surface area contributed by atoms with Crippen LogP contribution in [0, 0.1) is 0 Å². The minimum Gasteiger partial charge on any atom is -0.494 e. The maximum Gasteiger partial charge on any atom is 0.119 e. The van der Waals surface area contributed by atoms with E-state index in [1.54, 1.807) is 0 Å². The third kappa shape index (κ3) is 20.3. The molecule has 0 fully saturated rings. The zero-order chi connectivity index (χ0) is 52.5. The lowest BCUT2D eigenvalue weighted by atomic mass is 9.85. The predicted molar refractivity (Wildman–Crippen MR) is 332 cm³/mol. The van der Waals surface area contributed by atoms with E-state index in [-0.39, 0.29) is 0 Å². The Morgan fingerprint density at radius 1 is 0.263 bits per heavy atom. The Bertz CT molecular complexity index is 2670. The molecule has 0 aliphatic rings. The molecule has 0 aliphatic carbocycles. The maximum atomic E-state index is 6.25. The van der Waals surface area contributed by atoms with E-state index in [1.165, 1.54) is 149 Å². The molecule has 76 heavy (non-hydrogen) atoms. The van der Waals surface area contributed by atoms with Crippen LogP contribution in [0.25, 0.3) is 47.6 Å². The molecule has 0 spiro atoms. The standard InChI is InChI=1S/C74H86O2/c1-3-5-7-9-11-13-15-17-19-30-54-75-71-42-32-34-62(59-71)45-48-65-56-64(57-66(58-65)49-46-63-35-33-43-72(60-63)76-55-31-20-18-16-14-12-10-8-6-4-2)47-44-61-50-52-70(53-51-61)74(69-40-28-23-29-41-69)73(67-36-24-21-25-37-67)68-38-26-22-27-39-68/h21-29,32-53,56-60H,3-20,30-31,54-55H2,1-2H3/b47-44+,48-45+,49-46+. The van der Waals surface area contributed by atoms with E-state index >= 15 is 0 Å². The molecule has 0 heterocycles. The molecule has 7 rings (SSSR count). The Hall–Kier alpha value is -6.90. The Morgan fingerprint density at radius 3 is 0.921 bits per heavy atom. The van der Waals surface area contributed by atoms with Crippen molar-refractivity contribution in [3.8, 4) is 11.5 Å². The molecule has 0 aliphatic heterocycles. The molecule has 2 heteroatoms. The van der Waals surface area contributed by atoms with Crippen molar-refractivity contribution in [2.24, 2.45) is 0 Å². The van der Waals surface area contributed by atoms with Crippen LogP contribution in [0.1, 0.15) is 198 Å². The van der Waals surface area contributed by atoms with Gasteiger partial charge in [0.15, 0.2) is 0 Å². The fourth-order valence-corrected chi connectivity index (χ4v) is 10.0. The van der Waals surface area contributed by atoms with Gasteiger partial charge in [-0.25, -0.2) is 0 Å². The first kappa shape index (κ1) is 56.8. The van der Waals surface area contributed by atoms with Gasteiger partial charge in [-0.3, -0.25) is 0 Å². The lowest BCUT2D eigenvalue weighted by Crippen LogP contribution is -1.97.